The lowest BCUT2D eigenvalue weighted by atomic mass is 9.77. The van der Waals surface area contributed by atoms with Gasteiger partial charge in [0.15, 0.2) is 0 Å². The molecule has 0 saturated heterocycles. The first-order valence-corrected chi connectivity index (χ1v) is 8.91. The van der Waals surface area contributed by atoms with Crippen molar-refractivity contribution in [2.45, 2.75) is 19.3 Å². The molecular formula is C24H19N. The quantitative estimate of drug-likeness (QED) is 0.537. The van der Waals surface area contributed by atoms with Crippen LogP contribution in [-0.4, -0.2) is 5.71 Å². The third-order valence-electron chi connectivity index (χ3n) is 5.39. The molecule has 0 radical (unpaired) electrons. The topological polar surface area (TPSA) is 23.9 Å². The van der Waals surface area contributed by atoms with E-state index in [4.69, 9.17) is 5.41 Å². The fraction of sp³-hybridized carbons (Fsp3) is 0.125. The standard InChI is InChI=1S/C24H19N/c25-22-15-18-9-4-5-11-19(18)21-14-13-17-10-6-12-20(23(17)24(21)22)16-7-2-1-3-8-16/h1-3,5-8,10-14,25H,4,9,15H2. The lowest BCUT2D eigenvalue weighted by Crippen LogP contribution is -2.14. The molecule has 0 heterocycles. The van der Waals surface area contributed by atoms with Crippen molar-refractivity contribution in [3.05, 3.63) is 89.5 Å². The van der Waals surface area contributed by atoms with Crippen LogP contribution in [0.25, 0.3) is 27.5 Å². The van der Waals surface area contributed by atoms with E-state index in [0.29, 0.717) is 0 Å². The van der Waals surface area contributed by atoms with E-state index < -0.39 is 0 Å². The molecule has 0 amide bonds. The van der Waals surface area contributed by atoms with E-state index in [9.17, 15) is 0 Å². The van der Waals surface area contributed by atoms with Crippen molar-refractivity contribution >= 4 is 22.1 Å². The first-order valence-electron chi connectivity index (χ1n) is 8.91. The highest BCUT2D eigenvalue weighted by Crippen LogP contribution is 2.42. The van der Waals surface area contributed by atoms with Crippen LogP contribution in [0.3, 0.4) is 0 Å². The molecule has 0 fully saturated rings. The number of hydrogen-bond acceptors (Lipinski definition) is 1. The Bertz CT molecular complexity index is 1070. The summed E-state index contributed by atoms with van der Waals surface area (Å²) in [5.41, 5.74) is 8.34. The summed E-state index contributed by atoms with van der Waals surface area (Å²) >= 11 is 0. The van der Waals surface area contributed by atoms with Gasteiger partial charge in [-0.3, -0.25) is 0 Å². The maximum absolute atomic E-state index is 8.78. The molecule has 1 heteroatoms. The lowest BCUT2D eigenvalue weighted by Gasteiger charge is -2.27. The van der Waals surface area contributed by atoms with Crippen molar-refractivity contribution in [2.24, 2.45) is 0 Å². The molecule has 3 aromatic rings. The highest BCUT2D eigenvalue weighted by molar-refractivity contribution is 6.20. The molecular weight excluding hydrogens is 302 g/mol. The van der Waals surface area contributed by atoms with Crippen molar-refractivity contribution in [3.63, 3.8) is 0 Å². The van der Waals surface area contributed by atoms with Crippen LogP contribution in [-0.2, 0) is 0 Å². The third kappa shape index (κ3) is 2.20. The van der Waals surface area contributed by atoms with E-state index in [0.717, 1.165) is 30.5 Å². The highest BCUT2D eigenvalue weighted by Gasteiger charge is 2.25. The summed E-state index contributed by atoms with van der Waals surface area (Å²) in [4.78, 5) is 0. The minimum absolute atomic E-state index is 0.762. The average molecular weight is 321 g/mol. The van der Waals surface area contributed by atoms with Gasteiger partial charge in [0.1, 0.15) is 0 Å². The van der Waals surface area contributed by atoms with Crippen LogP contribution in [0.15, 0.2) is 78.4 Å². The molecule has 2 aliphatic carbocycles. The normalized spacial score (nSPS) is 16.1. The number of rotatable bonds is 1. The summed E-state index contributed by atoms with van der Waals surface area (Å²) < 4.78 is 0. The lowest BCUT2D eigenvalue weighted by molar-refractivity contribution is 0.935. The molecule has 0 unspecified atom stereocenters. The van der Waals surface area contributed by atoms with Gasteiger partial charge in [0.2, 0.25) is 0 Å². The van der Waals surface area contributed by atoms with Gasteiger partial charge in [-0.25, -0.2) is 0 Å². The molecule has 0 spiro atoms. The second-order valence-electron chi connectivity index (χ2n) is 6.87. The Morgan fingerprint density at radius 2 is 1.68 bits per heavy atom. The Labute approximate surface area is 147 Å². The van der Waals surface area contributed by atoms with Crippen LogP contribution in [0.1, 0.15) is 30.4 Å². The van der Waals surface area contributed by atoms with Crippen molar-refractivity contribution in [1.82, 2.24) is 0 Å². The van der Waals surface area contributed by atoms with Crippen LogP contribution in [0, 0.1) is 5.41 Å². The molecule has 0 atom stereocenters. The molecule has 0 bridgehead atoms. The van der Waals surface area contributed by atoms with Crippen molar-refractivity contribution < 1.29 is 0 Å². The molecule has 0 aliphatic heterocycles. The number of hydrogen-bond donors (Lipinski definition) is 1. The van der Waals surface area contributed by atoms with Crippen LogP contribution in [0.4, 0.5) is 0 Å². The van der Waals surface area contributed by atoms with Gasteiger partial charge in [0.25, 0.3) is 0 Å². The maximum atomic E-state index is 8.78. The first-order chi connectivity index (χ1) is 12.3. The Kier molecular flexibility index (Phi) is 3.21. The molecule has 3 aromatic carbocycles. The van der Waals surface area contributed by atoms with Crippen LogP contribution in [0.5, 0.6) is 0 Å². The SMILES string of the molecule is N=C1CC2=C(C=CCC2)c2ccc3cccc(-c4ccccc4)c3c21. The van der Waals surface area contributed by atoms with Crippen LogP contribution in [0.2, 0.25) is 0 Å². The summed E-state index contributed by atoms with van der Waals surface area (Å²) in [6.07, 6.45) is 7.51. The summed E-state index contributed by atoms with van der Waals surface area (Å²) in [5, 5.41) is 11.2. The number of allylic oxidation sites excluding steroid dienone is 4. The van der Waals surface area contributed by atoms with Gasteiger partial charge in [-0.1, -0.05) is 78.4 Å². The van der Waals surface area contributed by atoms with E-state index in [1.165, 1.54) is 38.6 Å². The second-order valence-corrected chi connectivity index (χ2v) is 6.87. The second kappa shape index (κ2) is 5.56. The van der Waals surface area contributed by atoms with E-state index >= 15 is 0 Å². The zero-order valence-corrected chi connectivity index (χ0v) is 14.0. The Morgan fingerprint density at radius 1 is 0.800 bits per heavy atom. The van der Waals surface area contributed by atoms with Gasteiger partial charge in [-0.2, -0.15) is 0 Å². The van der Waals surface area contributed by atoms with E-state index in [1.807, 2.05) is 0 Å². The first kappa shape index (κ1) is 14.4. The Morgan fingerprint density at radius 3 is 2.56 bits per heavy atom. The Hall–Kier alpha value is -2.93. The van der Waals surface area contributed by atoms with E-state index in [2.05, 4.69) is 72.8 Å². The van der Waals surface area contributed by atoms with Gasteiger partial charge in [-0.15, -0.1) is 0 Å². The maximum Gasteiger partial charge on any atom is 0.0439 e. The largest absolute Gasteiger partial charge is 0.304 e. The minimum atomic E-state index is 0.762. The van der Waals surface area contributed by atoms with Gasteiger partial charge < -0.3 is 5.41 Å². The zero-order chi connectivity index (χ0) is 16.8. The molecule has 0 saturated carbocycles. The smallest absolute Gasteiger partial charge is 0.0439 e. The summed E-state index contributed by atoms with van der Waals surface area (Å²) in [6, 6.07) is 21.4. The highest BCUT2D eigenvalue weighted by atomic mass is 14.5. The number of benzene rings is 3. The molecule has 1 N–H and O–H groups in total. The number of fused-ring (bicyclic) bond motifs is 4. The van der Waals surface area contributed by atoms with Crippen LogP contribution < -0.4 is 0 Å². The molecule has 0 aromatic heterocycles. The molecule has 1 nitrogen and oxygen atoms in total. The van der Waals surface area contributed by atoms with Crippen molar-refractivity contribution in [3.8, 4) is 11.1 Å². The predicted molar refractivity (Wildman–Crippen MR) is 106 cm³/mol. The molecule has 5 rings (SSSR count). The third-order valence-corrected chi connectivity index (χ3v) is 5.39. The fourth-order valence-electron chi connectivity index (χ4n) is 4.25. The average Bonchev–Trinajstić information content (AvgIpc) is 2.68. The van der Waals surface area contributed by atoms with Crippen LogP contribution >= 0.6 is 0 Å². The summed E-state index contributed by atoms with van der Waals surface area (Å²) in [6.45, 7) is 0. The van der Waals surface area contributed by atoms with Gasteiger partial charge in [0.05, 0.1) is 0 Å². The van der Waals surface area contributed by atoms with Gasteiger partial charge in [0, 0.05) is 17.7 Å². The summed E-state index contributed by atoms with van der Waals surface area (Å²) in [7, 11) is 0. The molecule has 120 valence electrons. The molecule has 25 heavy (non-hydrogen) atoms. The van der Waals surface area contributed by atoms with Gasteiger partial charge in [-0.05, 0) is 45.9 Å². The molecule has 2 aliphatic rings. The minimum Gasteiger partial charge on any atom is -0.304 e. The van der Waals surface area contributed by atoms with E-state index in [-0.39, 0.29) is 0 Å². The fourth-order valence-corrected chi connectivity index (χ4v) is 4.25. The summed E-state index contributed by atoms with van der Waals surface area (Å²) in [5.74, 6) is 0. The number of nitrogens with one attached hydrogen (secondary N) is 1. The van der Waals surface area contributed by atoms with E-state index in [1.54, 1.807) is 0 Å². The van der Waals surface area contributed by atoms with Gasteiger partial charge >= 0.3 is 0 Å². The Balaban J connectivity index is 1.88. The van der Waals surface area contributed by atoms with Crippen molar-refractivity contribution in [1.29, 1.82) is 5.41 Å². The van der Waals surface area contributed by atoms with Crippen molar-refractivity contribution in [2.75, 3.05) is 0 Å². The zero-order valence-electron chi connectivity index (χ0n) is 14.0. The monoisotopic (exact) mass is 321 g/mol. The predicted octanol–water partition coefficient (Wildman–Crippen LogP) is 6.38.